The minimum atomic E-state index is 0.796. The summed E-state index contributed by atoms with van der Waals surface area (Å²) < 4.78 is 0. The third-order valence-corrected chi connectivity index (χ3v) is 3.54. The number of hydrogen-bond donors (Lipinski definition) is 0. The molecule has 11 heavy (non-hydrogen) atoms. The Morgan fingerprint density at radius 2 is 2.09 bits per heavy atom. The van der Waals surface area contributed by atoms with E-state index < -0.39 is 0 Å². The predicted octanol–water partition coefficient (Wildman–Crippen LogP) is 3.49. The molecule has 1 aliphatic rings. The summed E-state index contributed by atoms with van der Waals surface area (Å²) in [6.45, 7) is 11.0. The molecular weight excluding hydrogens is 132 g/mol. The van der Waals surface area contributed by atoms with Crippen LogP contribution in [0.3, 0.4) is 0 Å². The van der Waals surface area contributed by atoms with Crippen molar-refractivity contribution < 1.29 is 0 Å². The van der Waals surface area contributed by atoms with Gasteiger partial charge >= 0.3 is 0 Å². The molecule has 0 nitrogen and oxygen atoms in total. The van der Waals surface area contributed by atoms with E-state index in [0.29, 0.717) is 0 Å². The van der Waals surface area contributed by atoms with Gasteiger partial charge in [0.25, 0.3) is 0 Å². The lowest BCUT2D eigenvalue weighted by Crippen LogP contribution is -2.11. The van der Waals surface area contributed by atoms with Crippen LogP contribution in [0.5, 0.6) is 0 Å². The second kappa shape index (κ2) is 3.42. The van der Waals surface area contributed by atoms with Gasteiger partial charge in [-0.15, -0.1) is 6.58 Å². The number of hydrogen-bond acceptors (Lipinski definition) is 0. The molecule has 1 aliphatic carbocycles. The molecule has 64 valence electrons. The Morgan fingerprint density at radius 1 is 1.45 bits per heavy atom. The highest BCUT2D eigenvalue weighted by molar-refractivity contribution is 4.94. The maximum atomic E-state index is 3.91. The first-order chi connectivity index (χ1) is 5.20. The molecule has 0 heterocycles. The molecule has 0 saturated heterocycles. The average molecular weight is 152 g/mol. The van der Waals surface area contributed by atoms with Gasteiger partial charge in [-0.1, -0.05) is 33.3 Å². The fraction of sp³-hybridized carbons (Fsp3) is 0.818. The largest absolute Gasteiger partial charge is 0.103 e. The summed E-state index contributed by atoms with van der Waals surface area (Å²) in [6, 6.07) is 0. The van der Waals surface area contributed by atoms with Gasteiger partial charge in [0, 0.05) is 0 Å². The van der Waals surface area contributed by atoms with E-state index in [0.717, 1.165) is 23.7 Å². The van der Waals surface area contributed by atoms with Gasteiger partial charge in [0.15, 0.2) is 0 Å². The summed E-state index contributed by atoms with van der Waals surface area (Å²) in [7, 11) is 0. The molecule has 0 heteroatoms. The fourth-order valence-electron chi connectivity index (χ4n) is 2.58. The van der Waals surface area contributed by atoms with Crippen molar-refractivity contribution in [1.29, 1.82) is 0 Å². The summed E-state index contributed by atoms with van der Waals surface area (Å²) in [5.74, 6) is 3.51. The van der Waals surface area contributed by atoms with Crippen molar-refractivity contribution in [2.75, 3.05) is 0 Å². The van der Waals surface area contributed by atoms with Gasteiger partial charge in [-0.25, -0.2) is 0 Å². The van der Waals surface area contributed by atoms with Crippen LogP contribution in [-0.4, -0.2) is 0 Å². The second-order valence-electron chi connectivity index (χ2n) is 4.04. The van der Waals surface area contributed by atoms with Crippen LogP contribution in [0.25, 0.3) is 0 Å². The third kappa shape index (κ3) is 1.50. The zero-order chi connectivity index (χ0) is 8.43. The first kappa shape index (κ1) is 8.83. The van der Waals surface area contributed by atoms with Gasteiger partial charge in [-0.05, 0) is 30.1 Å². The van der Waals surface area contributed by atoms with Gasteiger partial charge in [0.05, 0.1) is 0 Å². The Morgan fingerprint density at radius 3 is 2.45 bits per heavy atom. The van der Waals surface area contributed by atoms with Crippen molar-refractivity contribution in [3.8, 4) is 0 Å². The van der Waals surface area contributed by atoms with Crippen LogP contribution in [0.15, 0.2) is 12.7 Å². The molecule has 0 aromatic carbocycles. The lowest BCUT2D eigenvalue weighted by Gasteiger charge is -2.18. The Hall–Kier alpha value is -0.260. The highest BCUT2D eigenvalue weighted by Gasteiger charge is 2.34. The summed E-state index contributed by atoms with van der Waals surface area (Å²) in [6.07, 6.45) is 4.85. The Bertz CT molecular complexity index is 137. The van der Waals surface area contributed by atoms with E-state index in [1.807, 2.05) is 0 Å². The molecule has 0 spiro atoms. The zero-order valence-corrected chi connectivity index (χ0v) is 8.01. The summed E-state index contributed by atoms with van der Waals surface area (Å²) in [5.41, 5.74) is 0. The molecule has 0 aromatic rings. The van der Waals surface area contributed by atoms with E-state index in [1.165, 1.54) is 12.8 Å². The third-order valence-electron chi connectivity index (χ3n) is 3.54. The molecule has 0 amide bonds. The highest BCUT2D eigenvalue weighted by atomic mass is 14.4. The van der Waals surface area contributed by atoms with Crippen molar-refractivity contribution in [2.24, 2.45) is 23.7 Å². The average Bonchev–Trinajstić information content (AvgIpc) is 2.28. The molecule has 1 fully saturated rings. The van der Waals surface area contributed by atoms with Crippen molar-refractivity contribution in [3.63, 3.8) is 0 Å². The van der Waals surface area contributed by atoms with Crippen molar-refractivity contribution in [1.82, 2.24) is 0 Å². The minimum absolute atomic E-state index is 0.796. The van der Waals surface area contributed by atoms with Crippen molar-refractivity contribution >= 4 is 0 Å². The summed E-state index contributed by atoms with van der Waals surface area (Å²) in [5, 5.41) is 0. The first-order valence-corrected chi connectivity index (χ1v) is 4.83. The Balaban J connectivity index is 2.64. The molecule has 1 rings (SSSR count). The quantitative estimate of drug-likeness (QED) is 0.531. The van der Waals surface area contributed by atoms with Crippen LogP contribution < -0.4 is 0 Å². The van der Waals surface area contributed by atoms with E-state index in [2.05, 4.69) is 33.4 Å². The standard InChI is InChI=1S/C11H20/c1-5-10-7-8(3)9(4)11(10)6-2/h5,8-11H,1,6-7H2,2-4H3. The Labute approximate surface area is 70.7 Å². The SMILES string of the molecule is C=CC1CC(C)C(C)C1CC. The van der Waals surface area contributed by atoms with Gasteiger partial charge in [0.2, 0.25) is 0 Å². The van der Waals surface area contributed by atoms with E-state index in [4.69, 9.17) is 0 Å². The monoisotopic (exact) mass is 152 g/mol. The highest BCUT2D eigenvalue weighted by Crippen LogP contribution is 2.43. The second-order valence-corrected chi connectivity index (χ2v) is 4.04. The van der Waals surface area contributed by atoms with Gasteiger partial charge < -0.3 is 0 Å². The molecule has 4 atom stereocenters. The van der Waals surface area contributed by atoms with E-state index in [1.54, 1.807) is 0 Å². The minimum Gasteiger partial charge on any atom is -0.103 e. The normalized spacial score (nSPS) is 44.3. The lowest BCUT2D eigenvalue weighted by molar-refractivity contribution is 0.327. The molecule has 0 N–H and O–H groups in total. The topological polar surface area (TPSA) is 0 Å². The van der Waals surface area contributed by atoms with Crippen molar-refractivity contribution in [2.45, 2.75) is 33.6 Å². The maximum Gasteiger partial charge on any atom is -0.0203 e. The molecular formula is C11H20. The van der Waals surface area contributed by atoms with E-state index in [9.17, 15) is 0 Å². The lowest BCUT2D eigenvalue weighted by atomic mass is 9.87. The Kier molecular flexibility index (Phi) is 2.75. The van der Waals surface area contributed by atoms with Gasteiger partial charge in [-0.3, -0.25) is 0 Å². The molecule has 4 unspecified atom stereocenters. The fourth-order valence-corrected chi connectivity index (χ4v) is 2.58. The molecule has 0 bridgehead atoms. The summed E-state index contributed by atoms with van der Waals surface area (Å²) >= 11 is 0. The molecule has 0 aromatic heterocycles. The van der Waals surface area contributed by atoms with E-state index >= 15 is 0 Å². The van der Waals surface area contributed by atoms with Crippen molar-refractivity contribution in [3.05, 3.63) is 12.7 Å². The molecule has 0 radical (unpaired) electrons. The van der Waals surface area contributed by atoms with Crippen LogP contribution in [0.1, 0.15) is 33.6 Å². The predicted molar refractivity (Wildman–Crippen MR) is 50.4 cm³/mol. The van der Waals surface area contributed by atoms with Crippen LogP contribution in [0.2, 0.25) is 0 Å². The van der Waals surface area contributed by atoms with Gasteiger partial charge in [0.1, 0.15) is 0 Å². The maximum absolute atomic E-state index is 3.91. The van der Waals surface area contributed by atoms with Crippen LogP contribution >= 0.6 is 0 Å². The van der Waals surface area contributed by atoms with Gasteiger partial charge in [-0.2, -0.15) is 0 Å². The number of rotatable bonds is 2. The van der Waals surface area contributed by atoms with Crippen LogP contribution in [-0.2, 0) is 0 Å². The smallest absolute Gasteiger partial charge is 0.0203 e. The van der Waals surface area contributed by atoms with Crippen LogP contribution in [0, 0.1) is 23.7 Å². The zero-order valence-electron chi connectivity index (χ0n) is 8.01. The van der Waals surface area contributed by atoms with E-state index in [-0.39, 0.29) is 0 Å². The molecule has 1 saturated carbocycles. The van der Waals surface area contributed by atoms with Crippen LogP contribution in [0.4, 0.5) is 0 Å². The number of allylic oxidation sites excluding steroid dienone is 1. The summed E-state index contributed by atoms with van der Waals surface area (Å²) in [4.78, 5) is 0. The molecule has 0 aliphatic heterocycles. The first-order valence-electron chi connectivity index (χ1n) is 4.83.